The molecular formula is C30H32FN3O. The minimum absolute atomic E-state index is 0.0309. The summed E-state index contributed by atoms with van der Waals surface area (Å²) in [7, 11) is 0. The maximum Gasteiger partial charge on any atom is 0.227 e. The van der Waals surface area contributed by atoms with Crippen LogP contribution in [-0.2, 0) is 17.9 Å². The number of nitrogens with zero attached hydrogens (tertiary/aromatic N) is 2. The summed E-state index contributed by atoms with van der Waals surface area (Å²) in [6.45, 7) is 7.28. The SMILES string of the molecule is Cc1cccc(C)c1NC(=O)C1CCN(Cc2cc3ccccc3n2Cc2cccc(F)c2)CC1. The van der Waals surface area contributed by atoms with E-state index in [0.717, 1.165) is 60.4 Å². The fourth-order valence-electron chi connectivity index (χ4n) is 5.22. The number of carbonyl (C=O) groups is 1. The Morgan fingerprint density at radius 2 is 1.63 bits per heavy atom. The Hall–Kier alpha value is -3.44. The first-order valence-electron chi connectivity index (χ1n) is 12.4. The van der Waals surface area contributed by atoms with Crippen LogP contribution in [0.4, 0.5) is 10.1 Å². The first-order chi connectivity index (χ1) is 17.0. The normalized spacial score (nSPS) is 14.9. The Balaban J connectivity index is 1.27. The number of aryl methyl sites for hydroxylation is 2. The highest BCUT2D eigenvalue weighted by Gasteiger charge is 2.26. The molecule has 0 saturated carbocycles. The molecule has 35 heavy (non-hydrogen) atoms. The summed E-state index contributed by atoms with van der Waals surface area (Å²) < 4.78 is 16.1. The maximum atomic E-state index is 13.8. The Morgan fingerprint density at radius 1 is 0.914 bits per heavy atom. The van der Waals surface area contributed by atoms with Crippen LogP contribution in [0.3, 0.4) is 0 Å². The molecule has 0 bridgehead atoms. The number of rotatable bonds is 6. The number of hydrogen-bond donors (Lipinski definition) is 1. The number of para-hydroxylation sites is 2. The topological polar surface area (TPSA) is 37.3 Å². The Kier molecular flexibility index (Phi) is 6.69. The van der Waals surface area contributed by atoms with Crippen LogP contribution < -0.4 is 5.32 Å². The van der Waals surface area contributed by atoms with E-state index in [1.165, 1.54) is 17.1 Å². The molecule has 0 spiro atoms. The van der Waals surface area contributed by atoms with Crippen LogP contribution in [0.2, 0.25) is 0 Å². The standard InChI is InChI=1S/C30H32FN3O/c1-21-7-5-8-22(2)29(21)32-30(35)24-13-15-33(16-14-24)20-27-18-25-10-3-4-12-28(25)34(27)19-23-9-6-11-26(31)17-23/h3-12,17-18,24H,13-16,19-20H2,1-2H3,(H,32,35). The lowest BCUT2D eigenvalue weighted by molar-refractivity contribution is -0.121. The highest BCUT2D eigenvalue weighted by Crippen LogP contribution is 2.27. The van der Waals surface area contributed by atoms with E-state index in [0.29, 0.717) is 6.54 Å². The fraction of sp³-hybridized carbons (Fsp3) is 0.300. The average molecular weight is 470 g/mol. The van der Waals surface area contributed by atoms with E-state index < -0.39 is 0 Å². The Labute approximate surface area is 206 Å². The van der Waals surface area contributed by atoms with Gasteiger partial charge in [-0.2, -0.15) is 0 Å². The summed E-state index contributed by atoms with van der Waals surface area (Å²) in [5.74, 6) is -0.0487. The average Bonchev–Trinajstić information content (AvgIpc) is 3.18. The molecule has 1 amide bonds. The van der Waals surface area contributed by atoms with Gasteiger partial charge in [0, 0.05) is 35.9 Å². The molecule has 0 aliphatic carbocycles. The lowest BCUT2D eigenvalue weighted by atomic mass is 9.95. The second-order valence-electron chi connectivity index (χ2n) is 9.72. The second-order valence-corrected chi connectivity index (χ2v) is 9.72. The lowest BCUT2D eigenvalue weighted by Crippen LogP contribution is -2.38. The van der Waals surface area contributed by atoms with E-state index in [2.05, 4.69) is 45.1 Å². The summed E-state index contributed by atoms with van der Waals surface area (Å²) in [4.78, 5) is 15.4. The summed E-state index contributed by atoms with van der Waals surface area (Å²) in [5, 5.41) is 4.38. The number of anilines is 1. The van der Waals surface area contributed by atoms with Gasteiger partial charge in [-0.3, -0.25) is 9.69 Å². The number of halogens is 1. The summed E-state index contributed by atoms with van der Waals surface area (Å²) >= 11 is 0. The first-order valence-corrected chi connectivity index (χ1v) is 12.4. The molecule has 4 aromatic rings. The minimum atomic E-state index is -0.207. The van der Waals surface area contributed by atoms with Gasteiger partial charge in [-0.25, -0.2) is 4.39 Å². The third-order valence-corrected chi connectivity index (χ3v) is 7.20. The number of amides is 1. The van der Waals surface area contributed by atoms with Crippen molar-refractivity contribution in [1.29, 1.82) is 0 Å². The van der Waals surface area contributed by atoms with Crippen molar-refractivity contribution in [3.05, 3.63) is 101 Å². The van der Waals surface area contributed by atoms with Crippen LogP contribution in [0.25, 0.3) is 10.9 Å². The van der Waals surface area contributed by atoms with E-state index in [9.17, 15) is 9.18 Å². The molecule has 2 heterocycles. The number of aromatic nitrogens is 1. The molecule has 0 atom stereocenters. The third kappa shape index (κ3) is 5.15. The lowest BCUT2D eigenvalue weighted by Gasteiger charge is -2.31. The van der Waals surface area contributed by atoms with Gasteiger partial charge in [0.25, 0.3) is 0 Å². The van der Waals surface area contributed by atoms with E-state index in [4.69, 9.17) is 0 Å². The number of carbonyl (C=O) groups excluding carboxylic acids is 1. The zero-order valence-corrected chi connectivity index (χ0v) is 20.4. The molecule has 0 radical (unpaired) electrons. The largest absolute Gasteiger partial charge is 0.339 e. The van der Waals surface area contributed by atoms with Gasteiger partial charge in [-0.1, -0.05) is 48.5 Å². The van der Waals surface area contributed by atoms with Gasteiger partial charge in [-0.05, 0) is 86.1 Å². The van der Waals surface area contributed by atoms with Crippen molar-refractivity contribution in [1.82, 2.24) is 9.47 Å². The van der Waals surface area contributed by atoms with Crippen LogP contribution in [-0.4, -0.2) is 28.5 Å². The number of nitrogens with one attached hydrogen (secondary N) is 1. The van der Waals surface area contributed by atoms with Crippen LogP contribution in [0.15, 0.2) is 72.8 Å². The van der Waals surface area contributed by atoms with E-state index in [1.54, 1.807) is 12.1 Å². The number of fused-ring (bicyclic) bond motifs is 1. The molecule has 5 rings (SSSR count). The van der Waals surface area contributed by atoms with Gasteiger partial charge in [-0.15, -0.1) is 0 Å². The highest BCUT2D eigenvalue weighted by atomic mass is 19.1. The van der Waals surface area contributed by atoms with Crippen molar-refractivity contribution in [2.24, 2.45) is 5.92 Å². The maximum absolute atomic E-state index is 13.8. The molecule has 4 nitrogen and oxygen atoms in total. The van der Waals surface area contributed by atoms with Crippen LogP contribution in [0.5, 0.6) is 0 Å². The number of hydrogen-bond acceptors (Lipinski definition) is 2. The van der Waals surface area contributed by atoms with E-state index >= 15 is 0 Å². The van der Waals surface area contributed by atoms with Gasteiger partial charge in [0.05, 0.1) is 0 Å². The zero-order chi connectivity index (χ0) is 24.4. The number of piperidine rings is 1. The van der Waals surface area contributed by atoms with Crippen LogP contribution in [0, 0.1) is 25.6 Å². The van der Waals surface area contributed by atoms with Crippen molar-refractivity contribution in [3.8, 4) is 0 Å². The van der Waals surface area contributed by atoms with Crippen LogP contribution in [0.1, 0.15) is 35.2 Å². The summed E-state index contributed by atoms with van der Waals surface area (Å²) in [5.41, 5.74) is 6.48. The van der Waals surface area contributed by atoms with Crippen molar-refractivity contribution in [2.75, 3.05) is 18.4 Å². The fourth-order valence-corrected chi connectivity index (χ4v) is 5.22. The molecule has 1 aliphatic heterocycles. The van der Waals surface area contributed by atoms with Crippen molar-refractivity contribution in [3.63, 3.8) is 0 Å². The van der Waals surface area contributed by atoms with Gasteiger partial charge in [0.15, 0.2) is 0 Å². The molecule has 3 aromatic carbocycles. The molecule has 5 heteroatoms. The number of likely N-dealkylation sites (tertiary alicyclic amines) is 1. The second kappa shape index (κ2) is 10.0. The van der Waals surface area contributed by atoms with E-state index in [-0.39, 0.29) is 17.6 Å². The molecule has 180 valence electrons. The number of benzene rings is 3. The predicted octanol–water partition coefficient (Wildman–Crippen LogP) is 6.30. The predicted molar refractivity (Wildman–Crippen MR) is 140 cm³/mol. The van der Waals surface area contributed by atoms with Crippen molar-refractivity contribution in [2.45, 2.75) is 39.8 Å². The monoisotopic (exact) mass is 469 g/mol. The quantitative estimate of drug-likeness (QED) is 0.360. The van der Waals surface area contributed by atoms with Crippen molar-refractivity contribution < 1.29 is 9.18 Å². The highest BCUT2D eigenvalue weighted by molar-refractivity contribution is 5.94. The minimum Gasteiger partial charge on any atom is -0.339 e. The Bertz CT molecular complexity index is 1330. The van der Waals surface area contributed by atoms with Gasteiger partial charge >= 0.3 is 0 Å². The molecule has 1 N–H and O–H groups in total. The molecule has 1 aromatic heterocycles. The zero-order valence-electron chi connectivity index (χ0n) is 20.4. The smallest absolute Gasteiger partial charge is 0.227 e. The van der Waals surface area contributed by atoms with Gasteiger partial charge < -0.3 is 9.88 Å². The molecular weight excluding hydrogens is 437 g/mol. The molecule has 1 fully saturated rings. The van der Waals surface area contributed by atoms with Gasteiger partial charge in [0.2, 0.25) is 5.91 Å². The van der Waals surface area contributed by atoms with Crippen LogP contribution >= 0.6 is 0 Å². The van der Waals surface area contributed by atoms with Crippen molar-refractivity contribution >= 4 is 22.5 Å². The summed E-state index contributed by atoms with van der Waals surface area (Å²) in [6, 6.07) is 23.5. The molecule has 0 unspecified atom stereocenters. The first kappa shape index (κ1) is 23.3. The molecule has 1 saturated heterocycles. The third-order valence-electron chi connectivity index (χ3n) is 7.20. The van der Waals surface area contributed by atoms with E-state index in [1.807, 2.05) is 38.1 Å². The Morgan fingerprint density at radius 3 is 2.37 bits per heavy atom. The van der Waals surface area contributed by atoms with Gasteiger partial charge in [0.1, 0.15) is 5.82 Å². The summed E-state index contributed by atoms with van der Waals surface area (Å²) in [6.07, 6.45) is 1.70. The molecule has 1 aliphatic rings.